The van der Waals surface area contributed by atoms with Gasteiger partial charge in [0.2, 0.25) is 11.8 Å². The van der Waals surface area contributed by atoms with Crippen LogP contribution in [0.15, 0.2) is 65.8 Å². The van der Waals surface area contributed by atoms with E-state index in [1.54, 1.807) is 42.6 Å². The standard InChI is InChI=1S/C39H51N7O5S/c1-26-12-10-13-27(2)35(26)32-19-34-43-37(42-32)44-52(48,49)31-15-11-14-28(18-31)36(47)46(30(24-51-34)20-38(3,4)5)23-29-21-40-22-33(41-29)45(16-17-50-9)25-39(6,7)8/h10-15,18-19,21-22,30H,16-17,20,23-25H2,1-9H3,(H,42,43,44)/t30-/m1/s1. The molecular formula is C39H51N7O5S. The summed E-state index contributed by atoms with van der Waals surface area (Å²) < 4.78 is 41.9. The van der Waals surface area contributed by atoms with Crippen LogP contribution in [0.2, 0.25) is 0 Å². The number of nitrogens with one attached hydrogen (secondary N) is 1. The molecule has 13 heteroatoms. The first kappa shape index (κ1) is 38.6. The molecule has 2 aromatic carbocycles. The van der Waals surface area contributed by atoms with Crippen LogP contribution in [-0.2, 0) is 21.3 Å². The monoisotopic (exact) mass is 729 g/mol. The number of hydrogen-bond donors (Lipinski definition) is 1. The first-order chi connectivity index (χ1) is 24.4. The van der Waals surface area contributed by atoms with Gasteiger partial charge in [0.05, 0.1) is 47.9 Å². The minimum absolute atomic E-state index is 0.0227. The summed E-state index contributed by atoms with van der Waals surface area (Å²) in [6.07, 6.45) is 3.95. The summed E-state index contributed by atoms with van der Waals surface area (Å²) in [7, 11) is -2.53. The molecule has 278 valence electrons. The van der Waals surface area contributed by atoms with E-state index in [-0.39, 0.29) is 52.2 Å². The van der Waals surface area contributed by atoms with E-state index < -0.39 is 16.1 Å². The molecule has 1 aliphatic rings. The van der Waals surface area contributed by atoms with Gasteiger partial charge in [-0.25, -0.2) is 23.1 Å². The van der Waals surface area contributed by atoms with Crippen LogP contribution in [0.5, 0.6) is 5.88 Å². The number of anilines is 2. The van der Waals surface area contributed by atoms with Crippen LogP contribution < -0.4 is 14.4 Å². The van der Waals surface area contributed by atoms with Crippen molar-refractivity contribution in [3.05, 3.63) is 83.3 Å². The van der Waals surface area contributed by atoms with Gasteiger partial charge in [0.15, 0.2) is 0 Å². The molecule has 3 heterocycles. The van der Waals surface area contributed by atoms with Crippen LogP contribution in [0, 0.1) is 24.7 Å². The van der Waals surface area contributed by atoms with Crippen molar-refractivity contribution in [1.82, 2.24) is 24.8 Å². The molecule has 2 aromatic heterocycles. The fourth-order valence-electron chi connectivity index (χ4n) is 6.39. The van der Waals surface area contributed by atoms with Gasteiger partial charge in [-0.1, -0.05) is 65.8 Å². The Morgan fingerprint density at radius 3 is 2.35 bits per heavy atom. The molecule has 0 aliphatic carbocycles. The Kier molecular flexibility index (Phi) is 11.5. The number of fused-ring (bicyclic) bond motifs is 4. The summed E-state index contributed by atoms with van der Waals surface area (Å²) in [5.74, 6) is 0.371. The lowest BCUT2D eigenvalue weighted by molar-refractivity contribution is 0.0509. The summed E-state index contributed by atoms with van der Waals surface area (Å²) in [5.41, 5.74) is 3.87. The van der Waals surface area contributed by atoms with E-state index in [9.17, 15) is 13.2 Å². The number of nitrogens with zero attached hydrogens (tertiary/aromatic N) is 6. The van der Waals surface area contributed by atoms with Crippen molar-refractivity contribution in [2.45, 2.75) is 79.3 Å². The molecule has 12 nitrogen and oxygen atoms in total. The third kappa shape index (κ3) is 9.82. The van der Waals surface area contributed by atoms with Gasteiger partial charge in [-0.3, -0.25) is 9.78 Å². The van der Waals surface area contributed by atoms with Crippen LogP contribution in [0.4, 0.5) is 11.8 Å². The molecule has 0 saturated carbocycles. The van der Waals surface area contributed by atoms with Gasteiger partial charge in [0.25, 0.3) is 15.9 Å². The summed E-state index contributed by atoms with van der Waals surface area (Å²) >= 11 is 0. The number of methoxy groups -OCH3 is 1. The minimum Gasteiger partial charge on any atom is -0.475 e. The average molecular weight is 730 g/mol. The van der Waals surface area contributed by atoms with Crippen molar-refractivity contribution in [3.8, 4) is 17.1 Å². The molecule has 5 rings (SSSR count). The van der Waals surface area contributed by atoms with Gasteiger partial charge >= 0.3 is 0 Å². The molecule has 0 radical (unpaired) electrons. The maximum Gasteiger partial charge on any atom is 0.264 e. The lowest BCUT2D eigenvalue weighted by Gasteiger charge is -2.36. The van der Waals surface area contributed by atoms with Crippen LogP contribution >= 0.6 is 0 Å². The van der Waals surface area contributed by atoms with Crippen molar-refractivity contribution >= 4 is 27.7 Å². The molecule has 0 saturated heterocycles. The quantitative estimate of drug-likeness (QED) is 0.198. The zero-order chi connectivity index (χ0) is 37.8. The Labute approximate surface area is 308 Å². The first-order valence-corrected chi connectivity index (χ1v) is 19.0. The summed E-state index contributed by atoms with van der Waals surface area (Å²) in [6, 6.07) is 13.2. The highest BCUT2D eigenvalue weighted by molar-refractivity contribution is 7.92. The van der Waals surface area contributed by atoms with Crippen LogP contribution in [0.3, 0.4) is 0 Å². The van der Waals surface area contributed by atoms with Gasteiger partial charge in [-0.05, 0) is 60.4 Å². The molecule has 4 aromatic rings. The number of sulfonamides is 1. The van der Waals surface area contributed by atoms with E-state index in [1.165, 1.54) is 12.1 Å². The van der Waals surface area contributed by atoms with Crippen molar-refractivity contribution in [2.24, 2.45) is 10.8 Å². The van der Waals surface area contributed by atoms with Gasteiger partial charge in [-0.2, -0.15) is 4.98 Å². The smallest absolute Gasteiger partial charge is 0.264 e. The van der Waals surface area contributed by atoms with Gasteiger partial charge in [-0.15, -0.1) is 0 Å². The van der Waals surface area contributed by atoms with Crippen molar-refractivity contribution in [1.29, 1.82) is 0 Å². The first-order valence-electron chi connectivity index (χ1n) is 17.5. The second-order valence-corrected chi connectivity index (χ2v) is 17.5. The van der Waals surface area contributed by atoms with Gasteiger partial charge in [0, 0.05) is 37.4 Å². The molecular weight excluding hydrogens is 679 g/mol. The maximum atomic E-state index is 14.6. The molecule has 1 amide bonds. The number of benzene rings is 2. The Bertz CT molecular complexity index is 1990. The molecule has 1 aliphatic heterocycles. The average Bonchev–Trinajstić information content (AvgIpc) is 3.06. The Balaban J connectivity index is 1.63. The Morgan fingerprint density at radius 2 is 1.67 bits per heavy atom. The van der Waals surface area contributed by atoms with E-state index in [1.807, 2.05) is 32.0 Å². The van der Waals surface area contributed by atoms with Crippen LogP contribution in [0.1, 0.15) is 75.1 Å². The largest absolute Gasteiger partial charge is 0.475 e. The number of amides is 1. The number of rotatable bonds is 9. The fourth-order valence-corrected chi connectivity index (χ4v) is 7.38. The zero-order valence-electron chi connectivity index (χ0n) is 31.7. The number of carbonyl (C=O) groups excluding carboxylic acids is 1. The SMILES string of the molecule is COCCN(CC(C)(C)C)c1cncc(CN2C(=O)c3cccc(c3)S(=O)(=O)Nc3nc(cc(-c4c(C)cccc4C)n3)OC[C@H]2CC(C)(C)C)n1. The maximum absolute atomic E-state index is 14.6. The third-order valence-corrected chi connectivity index (χ3v) is 9.91. The Hall–Kier alpha value is -4.62. The van der Waals surface area contributed by atoms with E-state index in [2.05, 4.69) is 66.1 Å². The number of ether oxygens (including phenoxy) is 2. The normalized spacial score (nSPS) is 16.2. The molecule has 0 spiro atoms. The van der Waals surface area contributed by atoms with E-state index in [0.29, 0.717) is 36.8 Å². The predicted molar refractivity (Wildman–Crippen MR) is 203 cm³/mol. The summed E-state index contributed by atoms with van der Waals surface area (Å²) in [4.78, 5) is 37.0. The lowest BCUT2D eigenvalue weighted by atomic mass is 9.87. The molecule has 1 atom stereocenters. The lowest BCUT2D eigenvalue weighted by Crippen LogP contribution is -2.45. The molecule has 52 heavy (non-hydrogen) atoms. The highest BCUT2D eigenvalue weighted by Gasteiger charge is 2.32. The van der Waals surface area contributed by atoms with Crippen molar-refractivity contribution < 1.29 is 22.7 Å². The van der Waals surface area contributed by atoms with Crippen LogP contribution in [0.25, 0.3) is 11.3 Å². The predicted octanol–water partition coefficient (Wildman–Crippen LogP) is 6.69. The van der Waals surface area contributed by atoms with Gasteiger partial charge in [0.1, 0.15) is 12.4 Å². The van der Waals surface area contributed by atoms with E-state index in [0.717, 1.165) is 23.2 Å². The molecule has 0 unspecified atom stereocenters. The second kappa shape index (κ2) is 15.5. The molecule has 0 fully saturated rings. The summed E-state index contributed by atoms with van der Waals surface area (Å²) in [5, 5.41) is 0. The number of aryl methyl sites for hydroxylation is 2. The van der Waals surface area contributed by atoms with E-state index >= 15 is 0 Å². The highest BCUT2D eigenvalue weighted by Crippen LogP contribution is 2.32. The third-order valence-electron chi connectivity index (χ3n) is 8.59. The fraction of sp³-hybridized carbons (Fsp3) is 0.462. The highest BCUT2D eigenvalue weighted by atomic mass is 32.2. The van der Waals surface area contributed by atoms with E-state index in [4.69, 9.17) is 14.5 Å². The second-order valence-electron chi connectivity index (χ2n) is 15.8. The Morgan fingerprint density at radius 1 is 0.962 bits per heavy atom. The van der Waals surface area contributed by atoms with Crippen molar-refractivity contribution in [2.75, 3.05) is 43.0 Å². The number of aromatic nitrogens is 4. The number of carbonyl (C=O) groups is 1. The van der Waals surface area contributed by atoms with Gasteiger partial charge < -0.3 is 19.3 Å². The molecule has 1 N–H and O–H groups in total. The van der Waals surface area contributed by atoms with Crippen molar-refractivity contribution in [3.63, 3.8) is 0 Å². The summed E-state index contributed by atoms with van der Waals surface area (Å²) in [6.45, 7) is 18.8. The molecule has 4 bridgehead atoms. The minimum atomic E-state index is -4.20. The van der Waals surface area contributed by atoms with Crippen LogP contribution in [-0.4, -0.2) is 78.6 Å². The topological polar surface area (TPSA) is 140 Å². The number of hydrogen-bond acceptors (Lipinski definition) is 10. The zero-order valence-corrected chi connectivity index (χ0v) is 32.5.